The molecule has 5 nitrogen and oxygen atoms in total. The standard InChI is InChI=1S/C12H11FN2O3/c1-16-10-3-2-9-11(15-10)12(8(13)4-14-9)18-6-7-5-17-7/h2-4,7H,5-6H2,1H3/t7-/m1/s1. The van der Waals surface area contributed by atoms with E-state index in [-0.39, 0.29) is 11.9 Å². The molecule has 94 valence electrons. The van der Waals surface area contributed by atoms with E-state index in [9.17, 15) is 4.39 Å². The smallest absolute Gasteiger partial charge is 0.213 e. The van der Waals surface area contributed by atoms with Crippen LogP contribution in [0.1, 0.15) is 0 Å². The molecule has 1 aliphatic rings. The van der Waals surface area contributed by atoms with Crippen molar-refractivity contribution in [2.24, 2.45) is 0 Å². The predicted octanol–water partition coefficient (Wildman–Crippen LogP) is 1.56. The summed E-state index contributed by atoms with van der Waals surface area (Å²) in [6.07, 6.45) is 1.18. The van der Waals surface area contributed by atoms with E-state index in [1.807, 2.05) is 0 Å². The van der Waals surface area contributed by atoms with Crippen molar-refractivity contribution in [3.63, 3.8) is 0 Å². The second-order valence-electron chi connectivity index (χ2n) is 3.92. The molecule has 18 heavy (non-hydrogen) atoms. The number of fused-ring (bicyclic) bond motifs is 1. The summed E-state index contributed by atoms with van der Waals surface area (Å²) in [4.78, 5) is 8.12. The molecule has 0 aliphatic carbocycles. The monoisotopic (exact) mass is 250 g/mol. The number of hydrogen-bond donors (Lipinski definition) is 0. The third kappa shape index (κ3) is 2.06. The Hall–Kier alpha value is -1.95. The molecular weight excluding hydrogens is 239 g/mol. The molecule has 3 heterocycles. The number of epoxide rings is 1. The van der Waals surface area contributed by atoms with Gasteiger partial charge in [-0.1, -0.05) is 0 Å². The van der Waals surface area contributed by atoms with Gasteiger partial charge in [-0.05, 0) is 6.07 Å². The van der Waals surface area contributed by atoms with Crippen molar-refractivity contribution in [3.05, 3.63) is 24.1 Å². The van der Waals surface area contributed by atoms with Crippen LogP contribution >= 0.6 is 0 Å². The Morgan fingerprint density at radius 1 is 1.50 bits per heavy atom. The number of halogens is 1. The summed E-state index contributed by atoms with van der Waals surface area (Å²) in [5.74, 6) is -0.0549. The van der Waals surface area contributed by atoms with Gasteiger partial charge in [0, 0.05) is 6.07 Å². The lowest BCUT2D eigenvalue weighted by Gasteiger charge is -2.09. The van der Waals surface area contributed by atoms with Gasteiger partial charge < -0.3 is 14.2 Å². The van der Waals surface area contributed by atoms with Crippen LogP contribution in [-0.4, -0.2) is 36.4 Å². The minimum atomic E-state index is -0.538. The van der Waals surface area contributed by atoms with Crippen molar-refractivity contribution < 1.29 is 18.6 Å². The first-order chi connectivity index (χ1) is 8.78. The molecule has 6 heteroatoms. The van der Waals surface area contributed by atoms with Gasteiger partial charge in [-0.3, -0.25) is 4.98 Å². The molecule has 3 rings (SSSR count). The van der Waals surface area contributed by atoms with Gasteiger partial charge in [-0.2, -0.15) is 0 Å². The fraction of sp³-hybridized carbons (Fsp3) is 0.333. The third-order valence-corrected chi connectivity index (χ3v) is 2.62. The van der Waals surface area contributed by atoms with Crippen LogP contribution in [0.25, 0.3) is 11.0 Å². The van der Waals surface area contributed by atoms with Crippen LogP contribution < -0.4 is 9.47 Å². The van der Waals surface area contributed by atoms with E-state index in [4.69, 9.17) is 14.2 Å². The highest BCUT2D eigenvalue weighted by Gasteiger charge is 2.24. The van der Waals surface area contributed by atoms with Crippen molar-refractivity contribution in [3.8, 4) is 11.6 Å². The average molecular weight is 250 g/mol. The molecule has 0 saturated carbocycles. The van der Waals surface area contributed by atoms with Crippen LogP contribution in [0.15, 0.2) is 18.3 Å². The minimum absolute atomic E-state index is 0.0539. The van der Waals surface area contributed by atoms with Gasteiger partial charge in [0.15, 0.2) is 11.6 Å². The zero-order valence-electron chi connectivity index (χ0n) is 9.72. The van der Waals surface area contributed by atoms with Gasteiger partial charge in [0.05, 0.1) is 25.4 Å². The SMILES string of the molecule is COc1ccc2ncc(F)c(OC[C@H]3CO3)c2n1. The van der Waals surface area contributed by atoms with E-state index in [0.717, 1.165) is 6.20 Å². The maximum atomic E-state index is 13.7. The van der Waals surface area contributed by atoms with Crippen molar-refractivity contribution in [2.75, 3.05) is 20.3 Å². The summed E-state index contributed by atoms with van der Waals surface area (Å²) in [6, 6.07) is 3.38. The molecule has 2 aromatic rings. The number of methoxy groups -OCH3 is 1. The quantitative estimate of drug-likeness (QED) is 0.771. The first-order valence-corrected chi connectivity index (χ1v) is 5.51. The Balaban J connectivity index is 2.03. The van der Waals surface area contributed by atoms with Crippen LogP contribution in [-0.2, 0) is 4.74 Å². The average Bonchev–Trinajstić information content (AvgIpc) is 3.21. The number of pyridine rings is 2. The Labute approximate surface area is 103 Å². The first kappa shape index (κ1) is 11.2. The van der Waals surface area contributed by atoms with E-state index in [1.165, 1.54) is 7.11 Å². The van der Waals surface area contributed by atoms with Crippen LogP contribution in [0.3, 0.4) is 0 Å². The summed E-state index contributed by atoms with van der Waals surface area (Å²) in [5, 5.41) is 0. The summed E-state index contributed by atoms with van der Waals surface area (Å²) in [5.41, 5.74) is 0.916. The van der Waals surface area contributed by atoms with Gasteiger partial charge in [-0.25, -0.2) is 9.37 Å². The molecule has 1 fully saturated rings. The van der Waals surface area contributed by atoms with Gasteiger partial charge in [-0.15, -0.1) is 0 Å². The lowest BCUT2D eigenvalue weighted by molar-refractivity contribution is 0.255. The van der Waals surface area contributed by atoms with Gasteiger partial charge in [0.1, 0.15) is 18.2 Å². The second-order valence-corrected chi connectivity index (χ2v) is 3.92. The molecule has 0 radical (unpaired) electrons. The molecule has 1 saturated heterocycles. The van der Waals surface area contributed by atoms with Crippen molar-refractivity contribution >= 4 is 11.0 Å². The molecule has 0 spiro atoms. The van der Waals surface area contributed by atoms with E-state index < -0.39 is 5.82 Å². The fourth-order valence-electron chi connectivity index (χ4n) is 1.59. The van der Waals surface area contributed by atoms with E-state index in [2.05, 4.69) is 9.97 Å². The van der Waals surface area contributed by atoms with E-state index in [1.54, 1.807) is 12.1 Å². The zero-order chi connectivity index (χ0) is 12.5. The van der Waals surface area contributed by atoms with E-state index >= 15 is 0 Å². The van der Waals surface area contributed by atoms with Gasteiger partial charge in [0.25, 0.3) is 0 Å². The summed E-state index contributed by atoms with van der Waals surface area (Å²) in [7, 11) is 1.50. The van der Waals surface area contributed by atoms with Crippen molar-refractivity contribution in [1.82, 2.24) is 9.97 Å². The maximum Gasteiger partial charge on any atom is 0.213 e. The predicted molar refractivity (Wildman–Crippen MR) is 61.3 cm³/mol. The highest BCUT2D eigenvalue weighted by molar-refractivity contribution is 5.81. The lowest BCUT2D eigenvalue weighted by atomic mass is 10.3. The molecule has 2 aromatic heterocycles. The molecule has 0 N–H and O–H groups in total. The molecule has 0 unspecified atom stereocenters. The number of hydrogen-bond acceptors (Lipinski definition) is 5. The first-order valence-electron chi connectivity index (χ1n) is 5.51. The van der Waals surface area contributed by atoms with Crippen LogP contribution in [0.2, 0.25) is 0 Å². The van der Waals surface area contributed by atoms with Crippen LogP contribution in [0.4, 0.5) is 4.39 Å². The Kier molecular flexibility index (Phi) is 2.71. The van der Waals surface area contributed by atoms with Gasteiger partial charge in [0.2, 0.25) is 5.88 Å². The van der Waals surface area contributed by atoms with Crippen molar-refractivity contribution in [2.45, 2.75) is 6.10 Å². The molecule has 0 amide bonds. The maximum absolute atomic E-state index is 13.7. The molecule has 0 aromatic carbocycles. The summed E-state index contributed by atoms with van der Waals surface area (Å²) < 4.78 is 29.2. The normalized spacial score (nSPS) is 17.8. The molecular formula is C12H11FN2O3. The van der Waals surface area contributed by atoms with E-state index in [0.29, 0.717) is 30.1 Å². The van der Waals surface area contributed by atoms with Crippen LogP contribution in [0.5, 0.6) is 11.6 Å². The topological polar surface area (TPSA) is 56.8 Å². The lowest BCUT2D eigenvalue weighted by Crippen LogP contribution is -2.07. The molecule has 0 bridgehead atoms. The second kappa shape index (κ2) is 4.38. The Morgan fingerprint density at radius 2 is 2.33 bits per heavy atom. The number of nitrogens with zero attached hydrogens (tertiary/aromatic N) is 2. The highest BCUT2D eigenvalue weighted by atomic mass is 19.1. The zero-order valence-corrected chi connectivity index (χ0v) is 9.72. The molecule has 1 atom stereocenters. The minimum Gasteiger partial charge on any atom is -0.485 e. The molecule has 1 aliphatic heterocycles. The largest absolute Gasteiger partial charge is 0.485 e. The number of ether oxygens (including phenoxy) is 3. The number of rotatable bonds is 4. The van der Waals surface area contributed by atoms with Gasteiger partial charge >= 0.3 is 0 Å². The third-order valence-electron chi connectivity index (χ3n) is 2.62. The Morgan fingerprint density at radius 3 is 3.06 bits per heavy atom. The van der Waals surface area contributed by atoms with Crippen molar-refractivity contribution in [1.29, 1.82) is 0 Å². The fourth-order valence-corrected chi connectivity index (χ4v) is 1.59. The highest BCUT2D eigenvalue weighted by Crippen LogP contribution is 2.28. The number of aromatic nitrogens is 2. The summed E-state index contributed by atoms with van der Waals surface area (Å²) in [6.45, 7) is 0.969. The summed E-state index contributed by atoms with van der Waals surface area (Å²) >= 11 is 0. The van der Waals surface area contributed by atoms with Crippen LogP contribution in [0, 0.1) is 5.82 Å². The Bertz CT molecular complexity index is 587.